The van der Waals surface area contributed by atoms with Gasteiger partial charge in [0.2, 0.25) is 0 Å². The van der Waals surface area contributed by atoms with Crippen molar-refractivity contribution in [3.05, 3.63) is 24.3 Å². The van der Waals surface area contributed by atoms with E-state index in [1.54, 1.807) is 12.4 Å². The van der Waals surface area contributed by atoms with Gasteiger partial charge in [0.1, 0.15) is 5.69 Å². The Balaban J connectivity index is 0.00000180. The molecule has 106 valence electrons. The molecule has 1 atom stereocenters. The molecule has 0 amide bonds. The smallest absolute Gasteiger partial charge is 0.196 e. The molecule has 0 radical (unpaired) electrons. The molecule has 5 nitrogen and oxygen atoms in total. The van der Waals surface area contributed by atoms with Gasteiger partial charge in [-0.25, -0.2) is 4.98 Å². The van der Waals surface area contributed by atoms with Crippen LogP contribution in [-0.4, -0.2) is 53.9 Å². The van der Waals surface area contributed by atoms with Crippen LogP contribution in [0.3, 0.4) is 0 Å². The van der Waals surface area contributed by atoms with Crippen LogP contribution in [0.2, 0.25) is 0 Å². The van der Waals surface area contributed by atoms with Gasteiger partial charge in [0, 0.05) is 18.9 Å². The van der Waals surface area contributed by atoms with Crippen LogP contribution in [0, 0.1) is 5.92 Å². The Labute approximate surface area is 120 Å². The molecule has 1 aliphatic heterocycles. The topological polar surface area (TPSA) is 58.1 Å². The third-order valence-corrected chi connectivity index (χ3v) is 3.23. The summed E-state index contributed by atoms with van der Waals surface area (Å²) < 4.78 is 0. The summed E-state index contributed by atoms with van der Waals surface area (Å²) in [4.78, 5) is 22.0. The molecule has 1 unspecified atom stereocenters. The Morgan fingerprint density at radius 1 is 1.53 bits per heavy atom. The minimum atomic E-state index is 0. The summed E-state index contributed by atoms with van der Waals surface area (Å²) in [5, 5.41) is 3.39. The minimum Gasteiger partial charge on any atom is -0.316 e. The van der Waals surface area contributed by atoms with Crippen molar-refractivity contribution in [2.24, 2.45) is 5.92 Å². The summed E-state index contributed by atoms with van der Waals surface area (Å²) in [5.41, 5.74) is 0.450. The largest absolute Gasteiger partial charge is 0.316 e. The molecule has 0 saturated carbocycles. The first-order valence-electron chi connectivity index (χ1n) is 6.44. The summed E-state index contributed by atoms with van der Waals surface area (Å²) in [6, 6.07) is 0. The number of hydrogen-bond acceptors (Lipinski definition) is 5. The minimum absolute atomic E-state index is 0. The van der Waals surface area contributed by atoms with Gasteiger partial charge in [-0.3, -0.25) is 14.7 Å². The van der Waals surface area contributed by atoms with Gasteiger partial charge in [-0.2, -0.15) is 0 Å². The summed E-state index contributed by atoms with van der Waals surface area (Å²) >= 11 is 0. The molecule has 1 aromatic rings. The van der Waals surface area contributed by atoms with Crippen LogP contribution < -0.4 is 5.32 Å². The number of rotatable bonds is 5. The van der Waals surface area contributed by atoms with Crippen LogP contribution in [0.25, 0.3) is 0 Å². The maximum absolute atomic E-state index is 11.9. The highest BCUT2D eigenvalue weighted by Gasteiger charge is 2.17. The number of piperidine rings is 1. The zero-order valence-corrected chi connectivity index (χ0v) is 12.0. The van der Waals surface area contributed by atoms with Crippen LogP contribution in [0.4, 0.5) is 0 Å². The van der Waals surface area contributed by atoms with Gasteiger partial charge in [0.15, 0.2) is 5.78 Å². The third kappa shape index (κ3) is 5.22. The van der Waals surface area contributed by atoms with Gasteiger partial charge < -0.3 is 5.32 Å². The van der Waals surface area contributed by atoms with Crippen LogP contribution in [-0.2, 0) is 0 Å². The highest BCUT2D eigenvalue weighted by molar-refractivity contribution is 5.95. The Kier molecular flexibility index (Phi) is 6.91. The first-order valence-corrected chi connectivity index (χ1v) is 6.44. The predicted molar refractivity (Wildman–Crippen MR) is 76.7 cm³/mol. The quantitative estimate of drug-likeness (QED) is 0.818. The lowest BCUT2D eigenvalue weighted by Crippen LogP contribution is -2.38. The Bertz CT molecular complexity index is 381. The average molecular weight is 285 g/mol. The zero-order valence-electron chi connectivity index (χ0n) is 11.2. The molecule has 19 heavy (non-hydrogen) atoms. The predicted octanol–water partition coefficient (Wildman–Crippen LogP) is 1.01. The lowest BCUT2D eigenvalue weighted by Gasteiger charge is -2.27. The van der Waals surface area contributed by atoms with Crippen LogP contribution in [0.15, 0.2) is 18.6 Å². The molecule has 1 saturated heterocycles. The highest BCUT2D eigenvalue weighted by atomic mass is 35.5. The summed E-state index contributed by atoms with van der Waals surface area (Å²) in [7, 11) is 1.99. The van der Waals surface area contributed by atoms with E-state index in [1.165, 1.54) is 19.0 Å². The molecule has 2 rings (SSSR count). The number of likely N-dealkylation sites (N-methyl/N-ethyl adjacent to an activating group) is 1. The van der Waals surface area contributed by atoms with Gasteiger partial charge in [-0.15, -0.1) is 12.4 Å². The first-order chi connectivity index (χ1) is 8.75. The fourth-order valence-electron chi connectivity index (χ4n) is 2.35. The van der Waals surface area contributed by atoms with E-state index < -0.39 is 0 Å². The Hall–Kier alpha value is -1.04. The van der Waals surface area contributed by atoms with Crippen molar-refractivity contribution in [1.82, 2.24) is 20.2 Å². The van der Waals surface area contributed by atoms with Crippen LogP contribution >= 0.6 is 12.4 Å². The molecular weight excluding hydrogens is 264 g/mol. The number of ketones is 1. The monoisotopic (exact) mass is 284 g/mol. The number of carbonyl (C=O) groups excluding carboxylic acids is 1. The molecule has 1 aromatic heterocycles. The zero-order chi connectivity index (χ0) is 12.8. The summed E-state index contributed by atoms with van der Waals surface area (Å²) in [6.07, 6.45) is 7.14. The summed E-state index contributed by atoms with van der Waals surface area (Å²) in [5.74, 6) is 0.688. The van der Waals surface area contributed by atoms with Crippen molar-refractivity contribution < 1.29 is 4.79 Å². The standard InChI is InChI=1S/C13H20N4O.ClH/c1-17(9-11-3-2-4-14-7-11)10-13(18)12-8-15-5-6-16-12;/h5-6,8,11,14H,2-4,7,9-10H2,1H3;1H. The molecule has 1 fully saturated rings. The lowest BCUT2D eigenvalue weighted by molar-refractivity contribution is 0.0928. The number of carbonyl (C=O) groups is 1. The van der Waals surface area contributed by atoms with E-state index in [0.29, 0.717) is 18.2 Å². The second-order valence-corrected chi connectivity index (χ2v) is 4.92. The van der Waals surface area contributed by atoms with E-state index >= 15 is 0 Å². The van der Waals surface area contributed by atoms with Crippen molar-refractivity contribution >= 4 is 18.2 Å². The Morgan fingerprint density at radius 3 is 3.00 bits per heavy atom. The number of nitrogens with zero attached hydrogens (tertiary/aromatic N) is 3. The SMILES string of the molecule is CN(CC(=O)c1cnccn1)CC1CCCNC1.Cl. The molecule has 6 heteroatoms. The van der Waals surface area contributed by atoms with Crippen molar-refractivity contribution in [2.45, 2.75) is 12.8 Å². The number of hydrogen-bond donors (Lipinski definition) is 1. The number of halogens is 1. The highest BCUT2D eigenvalue weighted by Crippen LogP contribution is 2.11. The van der Waals surface area contributed by atoms with E-state index in [1.807, 2.05) is 7.05 Å². The number of aromatic nitrogens is 2. The van der Waals surface area contributed by atoms with Crippen molar-refractivity contribution in [1.29, 1.82) is 0 Å². The molecule has 0 spiro atoms. The molecular formula is C13H21ClN4O. The van der Waals surface area contributed by atoms with Gasteiger partial charge in [-0.1, -0.05) is 0 Å². The van der Waals surface area contributed by atoms with Gasteiger partial charge in [-0.05, 0) is 38.9 Å². The fraction of sp³-hybridized carbons (Fsp3) is 0.615. The normalized spacial score (nSPS) is 18.9. The van der Waals surface area contributed by atoms with Crippen molar-refractivity contribution in [3.63, 3.8) is 0 Å². The number of nitrogens with one attached hydrogen (secondary N) is 1. The molecule has 0 bridgehead atoms. The van der Waals surface area contributed by atoms with Gasteiger partial charge in [0.25, 0.3) is 0 Å². The van der Waals surface area contributed by atoms with E-state index in [4.69, 9.17) is 0 Å². The first kappa shape index (κ1) is 16.0. The van der Waals surface area contributed by atoms with Crippen molar-refractivity contribution in [3.8, 4) is 0 Å². The molecule has 0 aliphatic carbocycles. The lowest BCUT2D eigenvalue weighted by atomic mass is 9.99. The fourth-order valence-corrected chi connectivity index (χ4v) is 2.35. The van der Waals surface area contributed by atoms with Gasteiger partial charge in [0.05, 0.1) is 12.7 Å². The van der Waals surface area contributed by atoms with Crippen LogP contribution in [0.5, 0.6) is 0 Å². The van der Waals surface area contributed by atoms with Crippen molar-refractivity contribution in [2.75, 3.05) is 33.2 Å². The van der Waals surface area contributed by atoms with Gasteiger partial charge >= 0.3 is 0 Å². The molecule has 1 aliphatic rings. The van der Waals surface area contributed by atoms with E-state index in [0.717, 1.165) is 19.6 Å². The van der Waals surface area contributed by atoms with E-state index in [-0.39, 0.29) is 18.2 Å². The average Bonchev–Trinajstić information content (AvgIpc) is 2.40. The second kappa shape index (κ2) is 8.19. The van der Waals surface area contributed by atoms with Crippen LogP contribution in [0.1, 0.15) is 23.3 Å². The van der Waals surface area contributed by atoms with E-state index in [2.05, 4.69) is 20.2 Å². The molecule has 2 heterocycles. The maximum Gasteiger partial charge on any atom is 0.196 e. The number of Topliss-reactive ketones (excluding diaryl/α,β-unsaturated/α-hetero) is 1. The Morgan fingerprint density at radius 2 is 2.37 bits per heavy atom. The summed E-state index contributed by atoms with van der Waals surface area (Å²) in [6.45, 7) is 3.55. The third-order valence-electron chi connectivity index (χ3n) is 3.23. The van der Waals surface area contributed by atoms with E-state index in [9.17, 15) is 4.79 Å². The maximum atomic E-state index is 11.9. The molecule has 1 N–H and O–H groups in total. The molecule has 0 aromatic carbocycles. The second-order valence-electron chi connectivity index (χ2n) is 4.92.